The third-order valence-corrected chi connectivity index (χ3v) is 2.97. The van der Waals surface area contributed by atoms with Crippen LogP contribution in [0.3, 0.4) is 0 Å². The van der Waals surface area contributed by atoms with E-state index in [1.165, 1.54) is 7.11 Å². The fourth-order valence-electron chi connectivity index (χ4n) is 1.88. The standard InChI is InChI=1S/C17H16O4/c1-20-17(19)15(18)11-14-9-5-6-10-16(14)21-12-13-7-3-2-4-8-13/h2-10H,11-12H2,1H3. The normalized spacial score (nSPS) is 9.95. The van der Waals surface area contributed by atoms with Crippen molar-refractivity contribution in [3.05, 3.63) is 65.7 Å². The van der Waals surface area contributed by atoms with Crippen LogP contribution in [0.4, 0.5) is 0 Å². The lowest BCUT2D eigenvalue weighted by atomic mass is 10.1. The quantitative estimate of drug-likeness (QED) is 0.604. The van der Waals surface area contributed by atoms with Crippen molar-refractivity contribution in [2.75, 3.05) is 7.11 Å². The van der Waals surface area contributed by atoms with E-state index in [2.05, 4.69) is 4.74 Å². The molecule has 2 aromatic carbocycles. The minimum Gasteiger partial charge on any atom is -0.489 e. The zero-order chi connectivity index (χ0) is 15.1. The maximum atomic E-state index is 11.6. The first-order valence-corrected chi connectivity index (χ1v) is 6.56. The average Bonchev–Trinajstić information content (AvgIpc) is 2.54. The topological polar surface area (TPSA) is 52.6 Å². The SMILES string of the molecule is COC(=O)C(=O)Cc1ccccc1OCc1ccccc1. The van der Waals surface area contributed by atoms with Gasteiger partial charge in [-0.3, -0.25) is 4.79 Å². The molecular weight excluding hydrogens is 268 g/mol. The minimum atomic E-state index is -0.840. The molecule has 0 aromatic heterocycles. The van der Waals surface area contributed by atoms with Crippen LogP contribution in [0.15, 0.2) is 54.6 Å². The van der Waals surface area contributed by atoms with Crippen LogP contribution in [-0.4, -0.2) is 18.9 Å². The molecule has 0 heterocycles. The molecule has 21 heavy (non-hydrogen) atoms. The second-order valence-corrected chi connectivity index (χ2v) is 4.47. The lowest BCUT2D eigenvalue weighted by Gasteiger charge is -2.10. The first kappa shape index (κ1) is 14.8. The van der Waals surface area contributed by atoms with Crippen LogP contribution >= 0.6 is 0 Å². The molecule has 0 fully saturated rings. The number of ether oxygens (including phenoxy) is 2. The van der Waals surface area contributed by atoms with Crippen molar-refractivity contribution >= 4 is 11.8 Å². The van der Waals surface area contributed by atoms with E-state index in [-0.39, 0.29) is 6.42 Å². The molecule has 2 aromatic rings. The van der Waals surface area contributed by atoms with E-state index >= 15 is 0 Å². The van der Waals surface area contributed by atoms with Gasteiger partial charge in [-0.1, -0.05) is 48.5 Å². The summed E-state index contributed by atoms with van der Waals surface area (Å²) < 4.78 is 10.2. The maximum absolute atomic E-state index is 11.6. The Bertz CT molecular complexity index is 620. The minimum absolute atomic E-state index is 0.0301. The van der Waals surface area contributed by atoms with Crippen LogP contribution in [0.5, 0.6) is 5.75 Å². The molecule has 0 bridgehead atoms. The number of hydrogen-bond acceptors (Lipinski definition) is 4. The predicted octanol–water partition coefficient (Wildman–Crippen LogP) is 2.55. The Hall–Kier alpha value is -2.62. The van der Waals surface area contributed by atoms with Gasteiger partial charge in [0.1, 0.15) is 12.4 Å². The Labute approximate surface area is 123 Å². The predicted molar refractivity (Wildman–Crippen MR) is 77.9 cm³/mol. The highest BCUT2D eigenvalue weighted by atomic mass is 16.5. The van der Waals surface area contributed by atoms with E-state index in [1.807, 2.05) is 36.4 Å². The summed E-state index contributed by atoms with van der Waals surface area (Å²) in [6.07, 6.45) is -0.0301. The summed E-state index contributed by atoms with van der Waals surface area (Å²) in [4.78, 5) is 22.8. The van der Waals surface area contributed by atoms with Gasteiger partial charge in [0.15, 0.2) is 0 Å². The number of para-hydroxylation sites is 1. The number of hydrogen-bond donors (Lipinski definition) is 0. The highest BCUT2D eigenvalue weighted by Crippen LogP contribution is 2.20. The van der Waals surface area contributed by atoms with E-state index in [9.17, 15) is 9.59 Å². The van der Waals surface area contributed by atoms with Crippen LogP contribution in [0, 0.1) is 0 Å². The maximum Gasteiger partial charge on any atom is 0.374 e. The molecule has 0 unspecified atom stereocenters. The summed E-state index contributed by atoms with van der Waals surface area (Å²) in [5.41, 5.74) is 1.70. The number of rotatable bonds is 6. The third kappa shape index (κ3) is 4.18. The van der Waals surface area contributed by atoms with E-state index in [0.717, 1.165) is 5.56 Å². The van der Waals surface area contributed by atoms with Gasteiger partial charge >= 0.3 is 5.97 Å². The fraction of sp³-hybridized carbons (Fsp3) is 0.176. The molecule has 4 nitrogen and oxygen atoms in total. The summed E-state index contributed by atoms with van der Waals surface area (Å²) in [6.45, 7) is 0.407. The Morgan fingerprint density at radius 2 is 1.62 bits per heavy atom. The smallest absolute Gasteiger partial charge is 0.374 e. The number of carbonyl (C=O) groups is 2. The molecule has 108 valence electrons. The highest BCUT2D eigenvalue weighted by molar-refractivity contribution is 6.34. The molecular formula is C17H16O4. The average molecular weight is 284 g/mol. The number of esters is 1. The molecule has 4 heteroatoms. The molecule has 0 saturated carbocycles. The van der Waals surface area contributed by atoms with Gasteiger partial charge in [0.25, 0.3) is 0 Å². The summed E-state index contributed by atoms with van der Waals surface area (Å²) in [6, 6.07) is 16.9. The highest BCUT2D eigenvalue weighted by Gasteiger charge is 2.16. The van der Waals surface area contributed by atoms with E-state index in [4.69, 9.17) is 4.74 Å². The van der Waals surface area contributed by atoms with Gasteiger partial charge in [0.2, 0.25) is 5.78 Å². The fourth-order valence-corrected chi connectivity index (χ4v) is 1.88. The third-order valence-electron chi connectivity index (χ3n) is 2.97. The lowest BCUT2D eigenvalue weighted by Crippen LogP contribution is -2.18. The zero-order valence-electron chi connectivity index (χ0n) is 11.7. The molecule has 0 saturated heterocycles. The van der Waals surface area contributed by atoms with Crippen LogP contribution in [-0.2, 0) is 27.4 Å². The lowest BCUT2D eigenvalue weighted by molar-refractivity contribution is -0.151. The van der Waals surface area contributed by atoms with Gasteiger partial charge < -0.3 is 9.47 Å². The van der Waals surface area contributed by atoms with Gasteiger partial charge in [-0.25, -0.2) is 4.79 Å². The number of benzene rings is 2. The molecule has 0 N–H and O–H groups in total. The van der Waals surface area contributed by atoms with Crippen molar-refractivity contribution in [3.63, 3.8) is 0 Å². The number of carbonyl (C=O) groups excluding carboxylic acids is 2. The van der Waals surface area contributed by atoms with Crippen molar-refractivity contribution in [2.45, 2.75) is 13.0 Å². The van der Waals surface area contributed by atoms with Gasteiger partial charge in [0.05, 0.1) is 7.11 Å². The molecule has 2 rings (SSSR count). The molecule has 0 aliphatic heterocycles. The largest absolute Gasteiger partial charge is 0.489 e. The molecule has 0 aliphatic rings. The van der Waals surface area contributed by atoms with Crippen LogP contribution in [0.1, 0.15) is 11.1 Å². The first-order valence-electron chi connectivity index (χ1n) is 6.56. The van der Waals surface area contributed by atoms with Crippen molar-refractivity contribution in [2.24, 2.45) is 0 Å². The van der Waals surface area contributed by atoms with Crippen molar-refractivity contribution < 1.29 is 19.1 Å². The molecule has 0 spiro atoms. The Morgan fingerprint density at radius 1 is 0.952 bits per heavy atom. The molecule has 0 amide bonds. The first-order chi connectivity index (χ1) is 10.2. The van der Waals surface area contributed by atoms with Gasteiger partial charge in [-0.15, -0.1) is 0 Å². The second-order valence-electron chi connectivity index (χ2n) is 4.47. The summed E-state index contributed by atoms with van der Waals surface area (Å²) >= 11 is 0. The van der Waals surface area contributed by atoms with Crippen molar-refractivity contribution in [3.8, 4) is 5.75 Å². The molecule has 0 radical (unpaired) electrons. The number of ketones is 1. The molecule has 0 atom stereocenters. The second kappa shape index (κ2) is 7.24. The molecule has 0 aliphatic carbocycles. The van der Waals surface area contributed by atoms with E-state index in [0.29, 0.717) is 17.9 Å². The van der Waals surface area contributed by atoms with Crippen molar-refractivity contribution in [1.82, 2.24) is 0 Å². The van der Waals surface area contributed by atoms with Crippen LogP contribution in [0.2, 0.25) is 0 Å². The zero-order valence-corrected chi connectivity index (χ0v) is 11.7. The van der Waals surface area contributed by atoms with Gasteiger partial charge in [-0.2, -0.15) is 0 Å². The van der Waals surface area contributed by atoms with Gasteiger partial charge in [-0.05, 0) is 11.6 Å². The van der Waals surface area contributed by atoms with Crippen LogP contribution in [0.25, 0.3) is 0 Å². The number of Topliss-reactive ketones (excluding diaryl/α,β-unsaturated/α-hetero) is 1. The Balaban J connectivity index is 2.06. The Morgan fingerprint density at radius 3 is 2.33 bits per heavy atom. The van der Waals surface area contributed by atoms with Gasteiger partial charge in [0, 0.05) is 12.0 Å². The summed E-state index contributed by atoms with van der Waals surface area (Å²) in [5.74, 6) is -0.834. The monoisotopic (exact) mass is 284 g/mol. The van der Waals surface area contributed by atoms with E-state index in [1.54, 1.807) is 18.2 Å². The van der Waals surface area contributed by atoms with Crippen LogP contribution < -0.4 is 4.74 Å². The number of methoxy groups -OCH3 is 1. The van der Waals surface area contributed by atoms with Crippen molar-refractivity contribution in [1.29, 1.82) is 0 Å². The van der Waals surface area contributed by atoms with E-state index < -0.39 is 11.8 Å². The summed E-state index contributed by atoms with van der Waals surface area (Å²) in [7, 11) is 1.19. The summed E-state index contributed by atoms with van der Waals surface area (Å²) in [5, 5.41) is 0. The Kier molecular flexibility index (Phi) is 5.10.